The molecule has 0 spiro atoms. The number of nitrogens with zero attached hydrogens (tertiary/aromatic N) is 3. The summed E-state index contributed by atoms with van der Waals surface area (Å²) in [7, 11) is 0. The number of Topliss-reactive ketones (excluding diaryl/α,β-unsaturated/α-hetero) is 1. The molecule has 0 unspecified atom stereocenters. The number of benzene rings is 1. The molecule has 1 aromatic heterocycles. The van der Waals surface area contributed by atoms with Gasteiger partial charge in [-0.25, -0.2) is 4.98 Å². The Morgan fingerprint density at radius 3 is 2.67 bits per heavy atom. The van der Waals surface area contributed by atoms with Crippen LogP contribution in [0, 0.1) is 0 Å². The quantitative estimate of drug-likeness (QED) is 0.923. The summed E-state index contributed by atoms with van der Waals surface area (Å²) in [6, 6.07) is 6.16. The molecule has 2 aromatic rings. The van der Waals surface area contributed by atoms with Crippen molar-refractivity contribution in [3.05, 3.63) is 46.1 Å². The summed E-state index contributed by atoms with van der Waals surface area (Å²) in [4.78, 5) is 22.2. The number of ketones is 1. The van der Waals surface area contributed by atoms with Crippen LogP contribution in [0.15, 0.2) is 24.4 Å². The minimum atomic E-state index is 0.248. The van der Waals surface area contributed by atoms with Crippen LogP contribution in [-0.2, 0) is 17.6 Å². The second-order valence-corrected chi connectivity index (χ2v) is 6.47. The Morgan fingerprint density at radius 1 is 1.25 bits per heavy atom. The van der Waals surface area contributed by atoms with Gasteiger partial charge in [0.1, 0.15) is 11.6 Å². The second-order valence-electron chi connectivity index (χ2n) is 6.06. The molecule has 6 heteroatoms. The van der Waals surface area contributed by atoms with E-state index in [1.165, 1.54) is 5.56 Å². The summed E-state index contributed by atoms with van der Waals surface area (Å²) in [6.45, 7) is 3.45. The maximum Gasteiger partial charge on any atom is 0.221 e. The summed E-state index contributed by atoms with van der Waals surface area (Å²) in [5, 5.41) is 0.756. The van der Waals surface area contributed by atoms with Crippen molar-refractivity contribution in [1.29, 1.82) is 0 Å². The molecule has 1 fully saturated rings. The number of aromatic nitrogens is 2. The fourth-order valence-electron chi connectivity index (χ4n) is 2.94. The van der Waals surface area contributed by atoms with Crippen molar-refractivity contribution in [2.24, 2.45) is 0 Å². The maximum atomic E-state index is 11.5. The number of nitrogen functional groups attached to an aromatic ring is 1. The molecule has 1 aliphatic heterocycles. The summed E-state index contributed by atoms with van der Waals surface area (Å²) in [5.41, 5.74) is 9.01. The number of piperidine rings is 1. The molecular weight excluding hydrogens is 324 g/mol. The third kappa shape index (κ3) is 3.67. The SMILES string of the molecule is CCc1ccc(Cc2cnc(N)nc2N2CCC(=O)CC2)c(Cl)c1. The number of aryl methyl sites for hydroxylation is 1. The number of carbonyl (C=O) groups excluding carboxylic acids is 1. The van der Waals surface area contributed by atoms with Gasteiger partial charge in [-0.1, -0.05) is 30.7 Å². The van der Waals surface area contributed by atoms with Gasteiger partial charge in [0.05, 0.1) is 0 Å². The van der Waals surface area contributed by atoms with Crippen LogP contribution < -0.4 is 10.6 Å². The van der Waals surface area contributed by atoms with Crippen LogP contribution in [0.2, 0.25) is 5.02 Å². The molecule has 0 radical (unpaired) electrons. The van der Waals surface area contributed by atoms with Crippen molar-refractivity contribution in [1.82, 2.24) is 9.97 Å². The Balaban J connectivity index is 1.89. The van der Waals surface area contributed by atoms with E-state index in [9.17, 15) is 4.79 Å². The lowest BCUT2D eigenvalue weighted by Gasteiger charge is -2.28. The van der Waals surface area contributed by atoms with E-state index < -0.39 is 0 Å². The lowest BCUT2D eigenvalue weighted by molar-refractivity contribution is -0.119. The van der Waals surface area contributed by atoms with E-state index in [0.717, 1.165) is 28.4 Å². The number of anilines is 2. The predicted molar refractivity (Wildman–Crippen MR) is 96.5 cm³/mol. The number of hydrogen-bond donors (Lipinski definition) is 1. The van der Waals surface area contributed by atoms with E-state index in [1.54, 1.807) is 6.20 Å². The van der Waals surface area contributed by atoms with E-state index in [1.807, 2.05) is 6.07 Å². The van der Waals surface area contributed by atoms with Crippen molar-refractivity contribution in [3.8, 4) is 0 Å². The highest BCUT2D eigenvalue weighted by atomic mass is 35.5. The molecule has 126 valence electrons. The molecule has 5 nitrogen and oxygen atoms in total. The van der Waals surface area contributed by atoms with Gasteiger partial charge >= 0.3 is 0 Å². The molecule has 24 heavy (non-hydrogen) atoms. The fraction of sp³-hybridized carbons (Fsp3) is 0.389. The molecule has 1 aliphatic rings. The number of halogens is 1. The van der Waals surface area contributed by atoms with Crippen LogP contribution in [0.1, 0.15) is 36.5 Å². The summed E-state index contributed by atoms with van der Waals surface area (Å²) >= 11 is 6.42. The zero-order chi connectivity index (χ0) is 17.1. The smallest absolute Gasteiger partial charge is 0.221 e. The Kier molecular flexibility index (Phi) is 5.00. The van der Waals surface area contributed by atoms with Crippen LogP contribution in [0.25, 0.3) is 0 Å². The minimum absolute atomic E-state index is 0.248. The van der Waals surface area contributed by atoms with Crippen LogP contribution >= 0.6 is 11.6 Å². The molecular formula is C18H21ClN4O. The minimum Gasteiger partial charge on any atom is -0.368 e. The number of nitrogens with two attached hydrogens (primary N) is 1. The topological polar surface area (TPSA) is 72.1 Å². The van der Waals surface area contributed by atoms with Gasteiger partial charge < -0.3 is 10.6 Å². The van der Waals surface area contributed by atoms with Gasteiger partial charge in [-0.2, -0.15) is 4.98 Å². The van der Waals surface area contributed by atoms with Gasteiger partial charge in [0.25, 0.3) is 0 Å². The number of carbonyl (C=O) groups is 1. The molecule has 1 saturated heterocycles. The Bertz CT molecular complexity index is 753. The van der Waals surface area contributed by atoms with Gasteiger partial charge in [0.2, 0.25) is 5.95 Å². The van der Waals surface area contributed by atoms with Crippen LogP contribution in [0.4, 0.5) is 11.8 Å². The average Bonchev–Trinajstić information content (AvgIpc) is 2.59. The Morgan fingerprint density at radius 2 is 2.00 bits per heavy atom. The fourth-order valence-corrected chi connectivity index (χ4v) is 3.21. The lowest BCUT2D eigenvalue weighted by Crippen LogP contribution is -2.35. The Hall–Kier alpha value is -2.14. The van der Waals surface area contributed by atoms with Gasteiger partial charge in [0.15, 0.2) is 0 Å². The van der Waals surface area contributed by atoms with E-state index >= 15 is 0 Å². The van der Waals surface area contributed by atoms with Crippen LogP contribution in [0.3, 0.4) is 0 Å². The first kappa shape index (κ1) is 16.7. The zero-order valence-electron chi connectivity index (χ0n) is 13.8. The second kappa shape index (κ2) is 7.18. The third-order valence-corrected chi connectivity index (χ3v) is 4.74. The highest BCUT2D eigenvalue weighted by Gasteiger charge is 2.21. The number of rotatable bonds is 4. The van der Waals surface area contributed by atoms with E-state index in [4.69, 9.17) is 17.3 Å². The summed E-state index contributed by atoms with van der Waals surface area (Å²) in [6.07, 6.45) is 4.46. The molecule has 1 aromatic carbocycles. The average molecular weight is 345 g/mol. The molecule has 2 N–H and O–H groups in total. The third-order valence-electron chi connectivity index (χ3n) is 4.39. The maximum absolute atomic E-state index is 11.5. The molecule has 0 amide bonds. The molecule has 0 saturated carbocycles. The van der Waals surface area contributed by atoms with Crippen molar-refractivity contribution >= 4 is 29.2 Å². The van der Waals surface area contributed by atoms with Crippen LogP contribution in [0.5, 0.6) is 0 Å². The lowest BCUT2D eigenvalue weighted by atomic mass is 10.0. The van der Waals surface area contributed by atoms with Gasteiger partial charge in [-0.15, -0.1) is 0 Å². The van der Waals surface area contributed by atoms with Crippen molar-refractivity contribution < 1.29 is 4.79 Å². The summed E-state index contributed by atoms with van der Waals surface area (Å²) < 4.78 is 0. The molecule has 3 rings (SSSR count). The van der Waals surface area contributed by atoms with Gasteiger partial charge in [-0.3, -0.25) is 4.79 Å². The van der Waals surface area contributed by atoms with Crippen molar-refractivity contribution in [2.75, 3.05) is 23.7 Å². The highest BCUT2D eigenvalue weighted by Crippen LogP contribution is 2.27. The highest BCUT2D eigenvalue weighted by molar-refractivity contribution is 6.31. The molecule has 0 bridgehead atoms. The number of hydrogen-bond acceptors (Lipinski definition) is 5. The first-order valence-corrected chi connectivity index (χ1v) is 8.60. The van der Waals surface area contributed by atoms with Crippen LogP contribution in [-0.4, -0.2) is 28.8 Å². The zero-order valence-corrected chi connectivity index (χ0v) is 14.5. The monoisotopic (exact) mass is 344 g/mol. The van der Waals surface area contributed by atoms with E-state index in [-0.39, 0.29) is 5.95 Å². The van der Waals surface area contributed by atoms with E-state index in [0.29, 0.717) is 38.1 Å². The predicted octanol–water partition coefficient (Wildman–Crippen LogP) is 3.03. The summed E-state index contributed by atoms with van der Waals surface area (Å²) in [5.74, 6) is 1.36. The molecule has 2 heterocycles. The first-order chi connectivity index (χ1) is 11.6. The van der Waals surface area contributed by atoms with Crippen molar-refractivity contribution in [2.45, 2.75) is 32.6 Å². The first-order valence-electron chi connectivity index (χ1n) is 8.22. The van der Waals surface area contributed by atoms with E-state index in [2.05, 4.69) is 33.9 Å². The standard InChI is InChI=1S/C18H21ClN4O/c1-2-12-3-4-13(16(19)9-12)10-14-11-21-18(20)22-17(14)23-7-5-15(24)6-8-23/h3-4,9,11H,2,5-8,10H2,1H3,(H2,20,21,22). The van der Waals surface area contributed by atoms with Crippen molar-refractivity contribution in [3.63, 3.8) is 0 Å². The normalized spacial score (nSPS) is 14.9. The van der Waals surface area contributed by atoms with Gasteiger partial charge in [-0.05, 0) is 23.6 Å². The molecule has 0 aliphatic carbocycles. The Labute approximate surface area is 146 Å². The molecule has 0 atom stereocenters. The van der Waals surface area contributed by atoms with Gasteiger partial charge in [0, 0.05) is 49.1 Å². The largest absolute Gasteiger partial charge is 0.368 e.